The summed E-state index contributed by atoms with van der Waals surface area (Å²) in [5.41, 5.74) is -0.807. The van der Waals surface area contributed by atoms with Gasteiger partial charge in [0.1, 0.15) is 22.7 Å². The highest BCUT2D eigenvalue weighted by Crippen LogP contribution is 2.48. The minimum absolute atomic E-state index is 0.304. The highest BCUT2D eigenvalue weighted by atomic mass is 19.1. The highest BCUT2D eigenvalue weighted by molar-refractivity contribution is 6.18. The van der Waals surface area contributed by atoms with Crippen molar-refractivity contribution in [3.05, 3.63) is 66.4 Å². The Morgan fingerprint density at radius 3 is 2.22 bits per heavy atom. The molecule has 1 heterocycles. The van der Waals surface area contributed by atoms with E-state index >= 15 is 0 Å². The molecule has 5 nitrogen and oxygen atoms in total. The van der Waals surface area contributed by atoms with Gasteiger partial charge in [-0.2, -0.15) is 0 Å². The summed E-state index contributed by atoms with van der Waals surface area (Å²) in [6.45, 7) is 0. The number of nitrogens with zero attached hydrogens (tertiary/aromatic N) is 1. The first-order chi connectivity index (χ1) is 13.0. The van der Waals surface area contributed by atoms with Crippen molar-refractivity contribution >= 4 is 34.1 Å². The standard InChI is InChI=1S/C20H15F2N3O2/c21-13-6-2-7-14(22)17(13)25-19(27)20(9-10-20)18(26)24-15-8-1-4-12-5-3-11-23-16(12)15/h1-8,11H,9-10H2,(H,24,26)(H,25,27). The summed E-state index contributed by atoms with van der Waals surface area (Å²) in [5, 5.41) is 5.80. The van der Waals surface area contributed by atoms with Crippen LogP contribution >= 0.6 is 0 Å². The number of rotatable bonds is 4. The minimum Gasteiger partial charge on any atom is -0.323 e. The molecule has 3 aromatic rings. The molecule has 0 saturated heterocycles. The van der Waals surface area contributed by atoms with Crippen molar-refractivity contribution in [1.29, 1.82) is 0 Å². The summed E-state index contributed by atoms with van der Waals surface area (Å²) in [4.78, 5) is 29.6. The smallest absolute Gasteiger partial charge is 0.240 e. The molecule has 1 fully saturated rings. The van der Waals surface area contributed by atoms with Crippen LogP contribution in [0.15, 0.2) is 54.7 Å². The maximum Gasteiger partial charge on any atom is 0.240 e. The van der Waals surface area contributed by atoms with Crippen molar-refractivity contribution in [2.75, 3.05) is 10.6 Å². The summed E-state index contributed by atoms with van der Waals surface area (Å²) in [7, 11) is 0. The van der Waals surface area contributed by atoms with Gasteiger partial charge in [0.25, 0.3) is 0 Å². The second kappa shape index (κ2) is 6.42. The van der Waals surface area contributed by atoms with Crippen molar-refractivity contribution in [1.82, 2.24) is 4.98 Å². The second-order valence-electron chi connectivity index (χ2n) is 6.47. The molecule has 0 bridgehead atoms. The average Bonchev–Trinajstić information content (AvgIpc) is 3.47. The van der Waals surface area contributed by atoms with Gasteiger partial charge in [-0.1, -0.05) is 24.3 Å². The zero-order valence-corrected chi connectivity index (χ0v) is 14.1. The van der Waals surface area contributed by atoms with Crippen LogP contribution in [-0.4, -0.2) is 16.8 Å². The zero-order chi connectivity index (χ0) is 19.0. The summed E-state index contributed by atoms with van der Waals surface area (Å²) in [6.07, 6.45) is 2.22. The second-order valence-corrected chi connectivity index (χ2v) is 6.47. The third kappa shape index (κ3) is 3.01. The number of pyridine rings is 1. The van der Waals surface area contributed by atoms with E-state index in [9.17, 15) is 18.4 Å². The number of para-hydroxylation sites is 2. The van der Waals surface area contributed by atoms with E-state index in [1.807, 2.05) is 12.1 Å². The van der Waals surface area contributed by atoms with Gasteiger partial charge in [-0.05, 0) is 37.1 Å². The molecular weight excluding hydrogens is 352 g/mol. The maximum atomic E-state index is 13.8. The molecule has 0 atom stereocenters. The molecule has 2 N–H and O–H groups in total. The molecule has 0 unspecified atom stereocenters. The summed E-state index contributed by atoms with van der Waals surface area (Å²) in [5.74, 6) is -3.03. The van der Waals surface area contributed by atoms with Crippen molar-refractivity contribution in [2.45, 2.75) is 12.8 Å². The molecule has 1 aromatic heterocycles. The molecule has 1 aliphatic rings. The Morgan fingerprint density at radius 2 is 1.52 bits per heavy atom. The van der Waals surface area contributed by atoms with E-state index in [0.717, 1.165) is 17.5 Å². The van der Waals surface area contributed by atoms with Gasteiger partial charge in [0.15, 0.2) is 0 Å². The van der Waals surface area contributed by atoms with E-state index in [2.05, 4.69) is 15.6 Å². The molecule has 4 rings (SSSR count). The number of fused-ring (bicyclic) bond motifs is 1. The maximum absolute atomic E-state index is 13.8. The van der Waals surface area contributed by atoms with Crippen LogP contribution in [0.4, 0.5) is 20.2 Å². The van der Waals surface area contributed by atoms with Crippen LogP contribution in [0.2, 0.25) is 0 Å². The van der Waals surface area contributed by atoms with Crippen LogP contribution in [-0.2, 0) is 9.59 Å². The summed E-state index contributed by atoms with van der Waals surface area (Å²) < 4.78 is 27.6. The fourth-order valence-corrected chi connectivity index (χ4v) is 2.98. The van der Waals surface area contributed by atoms with Crippen molar-refractivity contribution in [2.24, 2.45) is 5.41 Å². The Balaban J connectivity index is 1.57. The first kappa shape index (κ1) is 17.1. The van der Waals surface area contributed by atoms with Crippen LogP contribution in [0.25, 0.3) is 10.9 Å². The van der Waals surface area contributed by atoms with E-state index < -0.39 is 34.6 Å². The van der Waals surface area contributed by atoms with Gasteiger partial charge in [0.2, 0.25) is 11.8 Å². The topological polar surface area (TPSA) is 71.1 Å². The zero-order valence-electron chi connectivity index (χ0n) is 14.1. The predicted octanol–water partition coefficient (Wildman–Crippen LogP) is 3.87. The highest BCUT2D eigenvalue weighted by Gasteiger charge is 2.56. The Labute approximate surface area is 153 Å². The van der Waals surface area contributed by atoms with E-state index in [0.29, 0.717) is 24.0 Å². The van der Waals surface area contributed by atoms with Crippen molar-refractivity contribution < 1.29 is 18.4 Å². The van der Waals surface area contributed by atoms with Crippen molar-refractivity contribution in [3.8, 4) is 0 Å². The van der Waals surface area contributed by atoms with Crippen LogP contribution in [0.3, 0.4) is 0 Å². The summed E-state index contributed by atoms with van der Waals surface area (Å²) in [6, 6.07) is 12.3. The number of carbonyl (C=O) groups is 2. The molecule has 1 aliphatic carbocycles. The molecule has 2 aromatic carbocycles. The number of carbonyl (C=O) groups excluding carboxylic acids is 2. The number of hydrogen-bond acceptors (Lipinski definition) is 3. The molecule has 0 aliphatic heterocycles. The van der Waals surface area contributed by atoms with Gasteiger partial charge >= 0.3 is 0 Å². The third-order valence-corrected chi connectivity index (χ3v) is 4.70. The van der Waals surface area contributed by atoms with Crippen LogP contribution in [0.1, 0.15) is 12.8 Å². The number of nitrogens with one attached hydrogen (secondary N) is 2. The lowest BCUT2D eigenvalue weighted by Crippen LogP contribution is -2.36. The monoisotopic (exact) mass is 367 g/mol. The lowest BCUT2D eigenvalue weighted by molar-refractivity contribution is -0.131. The molecule has 0 spiro atoms. The fraction of sp³-hybridized carbons (Fsp3) is 0.150. The SMILES string of the molecule is O=C(Nc1c(F)cccc1F)C1(C(=O)Nc2cccc3cccnc23)CC1. The molecular formula is C20H15F2N3O2. The number of aromatic nitrogens is 1. The van der Waals surface area contributed by atoms with Gasteiger partial charge < -0.3 is 10.6 Å². The number of amides is 2. The Morgan fingerprint density at radius 1 is 0.889 bits per heavy atom. The van der Waals surface area contributed by atoms with E-state index in [-0.39, 0.29) is 0 Å². The predicted molar refractivity (Wildman–Crippen MR) is 97.0 cm³/mol. The largest absolute Gasteiger partial charge is 0.323 e. The average molecular weight is 367 g/mol. The minimum atomic E-state index is -1.34. The van der Waals surface area contributed by atoms with E-state index in [1.165, 1.54) is 6.07 Å². The van der Waals surface area contributed by atoms with Crippen LogP contribution in [0.5, 0.6) is 0 Å². The van der Waals surface area contributed by atoms with Gasteiger partial charge in [0, 0.05) is 11.6 Å². The Kier molecular flexibility index (Phi) is 4.07. The first-order valence-corrected chi connectivity index (χ1v) is 8.42. The van der Waals surface area contributed by atoms with Crippen molar-refractivity contribution in [3.63, 3.8) is 0 Å². The number of halogens is 2. The molecule has 0 radical (unpaired) electrons. The quantitative estimate of drug-likeness (QED) is 0.688. The molecule has 1 saturated carbocycles. The number of anilines is 2. The lowest BCUT2D eigenvalue weighted by atomic mass is 10.0. The van der Waals surface area contributed by atoms with Gasteiger partial charge in [-0.15, -0.1) is 0 Å². The lowest BCUT2D eigenvalue weighted by Gasteiger charge is -2.16. The normalized spacial score (nSPS) is 14.6. The Hall–Kier alpha value is -3.35. The van der Waals surface area contributed by atoms with Gasteiger partial charge in [-0.3, -0.25) is 14.6 Å². The molecule has 136 valence electrons. The van der Waals surface area contributed by atoms with E-state index in [4.69, 9.17) is 0 Å². The molecule has 27 heavy (non-hydrogen) atoms. The molecule has 7 heteroatoms. The summed E-state index contributed by atoms with van der Waals surface area (Å²) >= 11 is 0. The first-order valence-electron chi connectivity index (χ1n) is 8.42. The fourth-order valence-electron chi connectivity index (χ4n) is 2.98. The van der Waals surface area contributed by atoms with Gasteiger partial charge in [-0.25, -0.2) is 8.78 Å². The van der Waals surface area contributed by atoms with Crippen LogP contribution in [0, 0.1) is 17.0 Å². The van der Waals surface area contributed by atoms with Gasteiger partial charge in [0.05, 0.1) is 11.2 Å². The Bertz CT molecular complexity index is 1040. The van der Waals surface area contributed by atoms with Crippen LogP contribution < -0.4 is 10.6 Å². The number of hydrogen-bond donors (Lipinski definition) is 2. The van der Waals surface area contributed by atoms with E-state index in [1.54, 1.807) is 24.4 Å². The third-order valence-electron chi connectivity index (χ3n) is 4.70. The number of benzene rings is 2. The molecule has 2 amide bonds.